The molecule has 19 heavy (non-hydrogen) atoms. The number of ether oxygens (including phenoxy) is 1. The Morgan fingerprint density at radius 3 is 2.37 bits per heavy atom. The fourth-order valence-electron chi connectivity index (χ4n) is 2.32. The molecular formula is C16H25NO2. The molecule has 106 valence electrons. The van der Waals surface area contributed by atoms with Crippen molar-refractivity contribution in [2.45, 2.75) is 46.2 Å². The molecule has 0 amide bonds. The number of carbonyl (C=O) groups is 1. The highest BCUT2D eigenvalue weighted by molar-refractivity contribution is 5.73. The molecule has 0 spiro atoms. The van der Waals surface area contributed by atoms with Crippen LogP contribution < -0.4 is 5.32 Å². The first-order valence-corrected chi connectivity index (χ1v) is 7.07. The van der Waals surface area contributed by atoms with Gasteiger partial charge in [0.25, 0.3) is 0 Å². The molecule has 3 unspecified atom stereocenters. The van der Waals surface area contributed by atoms with Gasteiger partial charge in [-0.2, -0.15) is 0 Å². The van der Waals surface area contributed by atoms with Crippen LogP contribution in [-0.4, -0.2) is 18.6 Å². The molecule has 1 rings (SSSR count). The van der Waals surface area contributed by atoms with E-state index in [4.69, 9.17) is 4.74 Å². The van der Waals surface area contributed by atoms with Crippen LogP contribution in [0.3, 0.4) is 0 Å². The first kappa shape index (κ1) is 15.7. The number of hydrogen-bond donors (Lipinski definition) is 1. The molecule has 0 aliphatic rings. The molecule has 3 nitrogen and oxygen atoms in total. The van der Waals surface area contributed by atoms with Gasteiger partial charge in [-0.25, -0.2) is 0 Å². The molecular weight excluding hydrogens is 238 g/mol. The molecule has 3 atom stereocenters. The summed E-state index contributed by atoms with van der Waals surface area (Å²) >= 11 is 0. The van der Waals surface area contributed by atoms with Crippen LogP contribution in [0.1, 0.15) is 45.7 Å². The number of hydrogen-bond acceptors (Lipinski definition) is 3. The van der Waals surface area contributed by atoms with Gasteiger partial charge in [0.2, 0.25) is 0 Å². The van der Waals surface area contributed by atoms with E-state index in [1.807, 2.05) is 39.0 Å². The normalized spacial score (nSPS) is 15.6. The zero-order valence-corrected chi connectivity index (χ0v) is 12.3. The highest BCUT2D eigenvalue weighted by Gasteiger charge is 2.25. The van der Waals surface area contributed by atoms with Crippen molar-refractivity contribution in [3.05, 3.63) is 35.9 Å². The fourth-order valence-corrected chi connectivity index (χ4v) is 2.32. The van der Waals surface area contributed by atoms with Gasteiger partial charge in [-0.15, -0.1) is 0 Å². The Kier molecular flexibility index (Phi) is 6.57. The standard InChI is InChI=1S/C16H25NO2/c1-5-15(16(18)19-6-2)13(4)17-12(3)14-10-8-7-9-11-14/h7-13,15,17H,5-6H2,1-4H3. The van der Waals surface area contributed by atoms with Gasteiger partial charge in [-0.3, -0.25) is 4.79 Å². The average molecular weight is 263 g/mol. The third kappa shape index (κ3) is 4.67. The van der Waals surface area contributed by atoms with Crippen molar-refractivity contribution in [3.8, 4) is 0 Å². The maximum absolute atomic E-state index is 11.9. The van der Waals surface area contributed by atoms with Gasteiger partial charge in [0.1, 0.15) is 0 Å². The molecule has 0 aliphatic heterocycles. The van der Waals surface area contributed by atoms with Crippen LogP contribution >= 0.6 is 0 Å². The lowest BCUT2D eigenvalue weighted by atomic mass is 9.96. The molecule has 3 heteroatoms. The minimum Gasteiger partial charge on any atom is -0.466 e. The first-order valence-electron chi connectivity index (χ1n) is 7.07. The molecule has 0 heterocycles. The smallest absolute Gasteiger partial charge is 0.310 e. The lowest BCUT2D eigenvalue weighted by Gasteiger charge is -2.26. The van der Waals surface area contributed by atoms with E-state index in [2.05, 4.69) is 24.4 Å². The maximum Gasteiger partial charge on any atom is 0.310 e. The van der Waals surface area contributed by atoms with Crippen molar-refractivity contribution in [1.29, 1.82) is 0 Å². The number of benzene rings is 1. The monoisotopic (exact) mass is 263 g/mol. The molecule has 0 radical (unpaired) electrons. The Bertz CT molecular complexity index is 378. The zero-order chi connectivity index (χ0) is 14.3. The van der Waals surface area contributed by atoms with Gasteiger partial charge in [0.05, 0.1) is 12.5 Å². The second-order valence-corrected chi connectivity index (χ2v) is 4.85. The van der Waals surface area contributed by atoms with Crippen LogP contribution in [0.5, 0.6) is 0 Å². The predicted molar refractivity (Wildman–Crippen MR) is 77.9 cm³/mol. The minimum atomic E-state index is -0.106. The minimum absolute atomic E-state index is 0.0916. The quantitative estimate of drug-likeness (QED) is 0.767. The third-order valence-electron chi connectivity index (χ3n) is 3.45. The summed E-state index contributed by atoms with van der Waals surface area (Å²) < 4.78 is 5.12. The number of nitrogens with one attached hydrogen (secondary N) is 1. The topological polar surface area (TPSA) is 38.3 Å². The van der Waals surface area contributed by atoms with Crippen molar-refractivity contribution < 1.29 is 9.53 Å². The van der Waals surface area contributed by atoms with Crippen LogP contribution in [0, 0.1) is 5.92 Å². The van der Waals surface area contributed by atoms with Crippen molar-refractivity contribution in [2.24, 2.45) is 5.92 Å². The van der Waals surface area contributed by atoms with Gasteiger partial charge in [0, 0.05) is 12.1 Å². The molecule has 0 bridgehead atoms. The molecule has 1 N–H and O–H groups in total. The zero-order valence-electron chi connectivity index (χ0n) is 12.3. The second kappa shape index (κ2) is 7.95. The predicted octanol–water partition coefficient (Wildman–Crippen LogP) is 3.32. The summed E-state index contributed by atoms with van der Waals surface area (Å²) in [6.45, 7) is 8.47. The highest BCUT2D eigenvalue weighted by Crippen LogP contribution is 2.17. The lowest BCUT2D eigenvalue weighted by molar-refractivity contribution is -0.149. The lowest BCUT2D eigenvalue weighted by Crippen LogP contribution is -2.39. The summed E-state index contributed by atoms with van der Waals surface area (Å²) in [5.41, 5.74) is 1.23. The molecule has 1 aromatic carbocycles. The Balaban J connectivity index is 2.62. The average Bonchev–Trinajstić information content (AvgIpc) is 2.40. The summed E-state index contributed by atoms with van der Waals surface area (Å²) in [7, 11) is 0. The van der Waals surface area contributed by atoms with Crippen molar-refractivity contribution in [2.75, 3.05) is 6.61 Å². The molecule has 1 aromatic rings. The van der Waals surface area contributed by atoms with Crippen LogP contribution in [0.15, 0.2) is 30.3 Å². The van der Waals surface area contributed by atoms with E-state index >= 15 is 0 Å². The van der Waals surface area contributed by atoms with E-state index in [9.17, 15) is 4.79 Å². The summed E-state index contributed by atoms with van der Waals surface area (Å²) in [6.07, 6.45) is 0.786. The molecule has 0 aromatic heterocycles. The molecule has 0 saturated carbocycles. The number of rotatable bonds is 7. The largest absolute Gasteiger partial charge is 0.466 e. The molecule has 0 aliphatic carbocycles. The van der Waals surface area contributed by atoms with E-state index in [0.29, 0.717) is 6.61 Å². The summed E-state index contributed by atoms with van der Waals surface area (Å²) in [4.78, 5) is 11.9. The van der Waals surface area contributed by atoms with E-state index in [-0.39, 0.29) is 24.0 Å². The van der Waals surface area contributed by atoms with Crippen LogP contribution in [0.4, 0.5) is 0 Å². The van der Waals surface area contributed by atoms with Gasteiger partial charge < -0.3 is 10.1 Å². The Hall–Kier alpha value is -1.35. The molecule has 0 fully saturated rings. The number of esters is 1. The van der Waals surface area contributed by atoms with Crippen molar-refractivity contribution >= 4 is 5.97 Å². The highest BCUT2D eigenvalue weighted by atomic mass is 16.5. The van der Waals surface area contributed by atoms with Crippen LogP contribution in [-0.2, 0) is 9.53 Å². The maximum atomic E-state index is 11.9. The van der Waals surface area contributed by atoms with E-state index < -0.39 is 0 Å². The Morgan fingerprint density at radius 2 is 1.84 bits per heavy atom. The summed E-state index contributed by atoms with van der Waals surface area (Å²) in [5, 5.41) is 3.49. The first-order chi connectivity index (χ1) is 9.10. The SMILES string of the molecule is CCOC(=O)C(CC)C(C)NC(C)c1ccccc1. The van der Waals surface area contributed by atoms with Crippen LogP contribution in [0.2, 0.25) is 0 Å². The fraction of sp³-hybridized carbons (Fsp3) is 0.562. The van der Waals surface area contributed by atoms with E-state index in [1.165, 1.54) is 5.56 Å². The Labute approximate surface area is 116 Å². The van der Waals surface area contributed by atoms with E-state index in [1.54, 1.807) is 0 Å². The number of carbonyl (C=O) groups excluding carboxylic acids is 1. The van der Waals surface area contributed by atoms with E-state index in [0.717, 1.165) is 6.42 Å². The van der Waals surface area contributed by atoms with Gasteiger partial charge in [0.15, 0.2) is 0 Å². The van der Waals surface area contributed by atoms with Gasteiger partial charge >= 0.3 is 5.97 Å². The second-order valence-electron chi connectivity index (χ2n) is 4.85. The molecule has 0 saturated heterocycles. The van der Waals surface area contributed by atoms with Gasteiger partial charge in [-0.05, 0) is 32.8 Å². The third-order valence-corrected chi connectivity index (χ3v) is 3.45. The summed E-state index contributed by atoms with van der Waals surface area (Å²) in [5.74, 6) is -0.198. The van der Waals surface area contributed by atoms with Crippen molar-refractivity contribution in [3.63, 3.8) is 0 Å². The van der Waals surface area contributed by atoms with Crippen molar-refractivity contribution in [1.82, 2.24) is 5.32 Å². The Morgan fingerprint density at radius 1 is 1.21 bits per heavy atom. The van der Waals surface area contributed by atoms with Gasteiger partial charge in [-0.1, -0.05) is 37.3 Å². The van der Waals surface area contributed by atoms with Crippen LogP contribution in [0.25, 0.3) is 0 Å². The summed E-state index contributed by atoms with van der Waals surface area (Å²) in [6, 6.07) is 10.6.